The lowest BCUT2D eigenvalue weighted by Crippen LogP contribution is -2.37. The molecule has 20 heavy (non-hydrogen) atoms. The number of rotatable bonds is 4. The highest BCUT2D eigenvalue weighted by atomic mass is 16.5. The highest BCUT2D eigenvalue weighted by Gasteiger charge is 2.31. The molecule has 0 aliphatic carbocycles. The number of carbonyl (C=O) groups is 1. The van der Waals surface area contributed by atoms with Crippen LogP contribution >= 0.6 is 0 Å². The molecule has 0 aromatic heterocycles. The van der Waals surface area contributed by atoms with Gasteiger partial charge in [0, 0.05) is 17.7 Å². The van der Waals surface area contributed by atoms with E-state index in [1.54, 1.807) is 33.5 Å². The molecule has 1 heterocycles. The molecule has 1 saturated heterocycles. The molecule has 0 saturated carbocycles. The van der Waals surface area contributed by atoms with Crippen LogP contribution in [0.1, 0.15) is 17.9 Å². The van der Waals surface area contributed by atoms with E-state index < -0.39 is 0 Å². The quantitative estimate of drug-likeness (QED) is 0.839. The Morgan fingerprint density at radius 3 is 2.15 bits per heavy atom. The Hall–Kier alpha value is -1.75. The van der Waals surface area contributed by atoms with Crippen LogP contribution in [0.3, 0.4) is 0 Å². The molecule has 1 aromatic carbocycles. The van der Waals surface area contributed by atoms with Gasteiger partial charge in [0.25, 0.3) is 0 Å². The predicted molar refractivity (Wildman–Crippen MR) is 76.0 cm³/mol. The molecule has 0 N–H and O–H groups in total. The number of likely N-dealkylation sites (N-methyl/N-ethyl adjacent to an activating group) is 1. The van der Waals surface area contributed by atoms with Gasteiger partial charge >= 0.3 is 0 Å². The Kier molecular flexibility index (Phi) is 4.49. The van der Waals surface area contributed by atoms with Crippen LogP contribution in [0.5, 0.6) is 17.2 Å². The molecule has 1 aliphatic heterocycles. The Morgan fingerprint density at radius 2 is 1.70 bits per heavy atom. The number of hydrogen-bond acceptors (Lipinski definition) is 5. The predicted octanol–water partition coefficient (Wildman–Crippen LogP) is 1.70. The monoisotopic (exact) mass is 279 g/mol. The second kappa shape index (κ2) is 6.13. The molecule has 1 fully saturated rings. The number of ketones is 1. The summed E-state index contributed by atoms with van der Waals surface area (Å²) in [4.78, 5) is 14.3. The summed E-state index contributed by atoms with van der Waals surface area (Å²) in [6.07, 6.45) is 0.772. The van der Waals surface area contributed by atoms with E-state index in [0.717, 1.165) is 18.5 Å². The number of ether oxygens (including phenoxy) is 3. The first-order valence-corrected chi connectivity index (χ1v) is 6.61. The molecule has 0 unspecified atom stereocenters. The average molecular weight is 279 g/mol. The van der Waals surface area contributed by atoms with Gasteiger partial charge in [0.1, 0.15) is 17.2 Å². The summed E-state index contributed by atoms with van der Waals surface area (Å²) >= 11 is 0. The van der Waals surface area contributed by atoms with Gasteiger partial charge in [-0.3, -0.25) is 9.69 Å². The van der Waals surface area contributed by atoms with Gasteiger partial charge in [0.2, 0.25) is 0 Å². The number of nitrogens with zero attached hydrogens (tertiary/aromatic N) is 1. The molecule has 0 spiro atoms. The van der Waals surface area contributed by atoms with Gasteiger partial charge in [-0.2, -0.15) is 0 Å². The van der Waals surface area contributed by atoms with E-state index in [-0.39, 0.29) is 11.7 Å². The van der Waals surface area contributed by atoms with Crippen molar-refractivity contribution in [3.63, 3.8) is 0 Å². The average Bonchev–Trinajstić information content (AvgIpc) is 2.46. The third-order valence-corrected chi connectivity index (χ3v) is 3.72. The van der Waals surface area contributed by atoms with E-state index in [4.69, 9.17) is 14.2 Å². The Balaban J connectivity index is 2.46. The highest BCUT2D eigenvalue weighted by Crippen LogP contribution is 2.41. The van der Waals surface area contributed by atoms with Crippen LogP contribution in [0.15, 0.2) is 12.1 Å². The van der Waals surface area contributed by atoms with Crippen LogP contribution in [-0.4, -0.2) is 52.1 Å². The van der Waals surface area contributed by atoms with Gasteiger partial charge in [0.15, 0.2) is 5.78 Å². The number of Topliss-reactive ketones (excluding diaryl/α,β-unsaturated/α-hetero) is 1. The summed E-state index contributed by atoms with van der Waals surface area (Å²) in [5.74, 6) is 1.96. The largest absolute Gasteiger partial charge is 0.496 e. The maximum absolute atomic E-state index is 12.3. The molecule has 0 bridgehead atoms. The first-order valence-electron chi connectivity index (χ1n) is 6.61. The van der Waals surface area contributed by atoms with E-state index >= 15 is 0 Å². The van der Waals surface area contributed by atoms with E-state index in [2.05, 4.69) is 0 Å². The van der Waals surface area contributed by atoms with Gasteiger partial charge in [-0.15, -0.1) is 0 Å². The molecule has 110 valence electrons. The minimum atomic E-state index is -0.179. The molecule has 1 aromatic rings. The maximum atomic E-state index is 12.3. The number of hydrogen-bond donors (Lipinski definition) is 0. The van der Waals surface area contributed by atoms with Crippen molar-refractivity contribution in [1.29, 1.82) is 0 Å². The topological polar surface area (TPSA) is 48.0 Å². The van der Waals surface area contributed by atoms with Crippen molar-refractivity contribution < 1.29 is 19.0 Å². The molecular weight excluding hydrogens is 258 g/mol. The third kappa shape index (κ3) is 2.72. The van der Waals surface area contributed by atoms with Crippen molar-refractivity contribution in [2.24, 2.45) is 0 Å². The van der Waals surface area contributed by atoms with Crippen molar-refractivity contribution >= 4 is 5.78 Å². The lowest BCUT2D eigenvalue weighted by Gasteiger charge is -2.29. The van der Waals surface area contributed by atoms with Gasteiger partial charge < -0.3 is 14.2 Å². The summed E-state index contributed by atoms with van der Waals surface area (Å²) < 4.78 is 16.1. The Morgan fingerprint density at radius 1 is 1.10 bits per heavy atom. The van der Waals surface area contributed by atoms with Crippen molar-refractivity contribution in [1.82, 2.24) is 4.90 Å². The van der Waals surface area contributed by atoms with Crippen LogP contribution in [0, 0.1) is 0 Å². The van der Waals surface area contributed by atoms with Crippen molar-refractivity contribution in [3.05, 3.63) is 17.7 Å². The molecular formula is C15H21NO4. The van der Waals surface area contributed by atoms with E-state index in [9.17, 15) is 4.79 Å². The number of carbonyl (C=O) groups excluding carboxylic acids is 1. The summed E-state index contributed by atoms with van der Waals surface area (Å²) in [6, 6.07) is 3.59. The van der Waals surface area contributed by atoms with Gasteiger partial charge in [0.05, 0.1) is 33.8 Å². The molecule has 0 amide bonds. The standard InChI is InChI=1S/C15H21NO4/c1-16-6-5-11(12(17)9-16)15-13(19-3)7-10(18-2)8-14(15)20-4/h7-8,11H,5-6,9H2,1-4H3/t11-/m0/s1. The number of piperidine rings is 1. The van der Waals surface area contributed by atoms with Crippen molar-refractivity contribution in [2.45, 2.75) is 12.3 Å². The Labute approximate surface area is 119 Å². The molecule has 0 radical (unpaired) electrons. The van der Waals surface area contributed by atoms with Crippen LogP contribution in [0.25, 0.3) is 0 Å². The smallest absolute Gasteiger partial charge is 0.154 e. The lowest BCUT2D eigenvalue weighted by molar-refractivity contribution is -0.123. The Bertz CT molecular complexity index is 476. The number of likely N-dealkylation sites (tertiary alicyclic amines) is 1. The first-order chi connectivity index (χ1) is 9.60. The van der Waals surface area contributed by atoms with Gasteiger partial charge in [-0.05, 0) is 20.0 Å². The first kappa shape index (κ1) is 14.7. The maximum Gasteiger partial charge on any atom is 0.154 e. The zero-order valence-corrected chi connectivity index (χ0v) is 12.4. The fraction of sp³-hybridized carbons (Fsp3) is 0.533. The van der Waals surface area contributed by atoms with Crippen molar-refractivity contribution in [3.8, 4) is 17.2 Å². The summed E-state index contributed by atoms with van der Waals surface area (Å²) in [6.45, 7) is 1.34. The summed E-state index contributed by atoms with van der Waals surface area (Å²) in [5.41, 5.74) is 0.828. The third-order valence-electron chi connectivity index (χ3n) is 3.72. The van der Waals surface area contributed by atoms with Crippen LogP contribution in [0.2, 0.25) is 0 Å². The van der Waals surface area contributed by atoms with Crippen LogP contribution < -0.4 is 14.2 Å². The normalized spacial score (nSPS) is 19.8. The number of benzene rings is 1. The minimum absolute atomic E-state index is 0.179. The van der Waals surface area contributed by atoms with E-state index in [0.29, 0.717) is 23.8 Å². The lowest BCUT2D eigenvalue weighted by atomic mass is 9.87. The fourth-order valence-electron chi connectivity index (χ4n) is 2.65. The van der Waals surface area contributed by atoms with E-state index in [1.807, 2.05) is 11.9 Å². The molecule has 5 nitrogen and oxygen atoms in total. The van der Waals surface area contributed by atoms with Gasteiger partial charge in [-0.1, -0.05) is 0 Å². The summed E-state index contributed by atoms with van der Waals surface area (Å²) in [5, 5.41) is 0. The van der Waals surface area contributed by atoms with Crippen LogP contribution in [0.4, 0.5) is 0 Å². The van der Waals surface area contributed by atoms with Gasteiger partial charge in [-0.25, -0.2) is 0 Å². The van der Waals surface area contributed by atoms with Crippen molar-refractivity contribution in [2.75, 3.05) is 41.5 Å². The molecule has 2 rings (SSSR count). The zero-order chi connectivity index (χ0) is 14.7. The SMILES string of the molecule is COc1cc(OC)c([C@H]2CCN(C)CC2=O)c(OC)c1. The van der Waals surface area contributed by atoms with Crippen LogP contribution in [-0.2, 0) is 4.79 Å². The highest BCUT2D eigenvalue weighted by molar-refractivity contribution is 5.89. The second-order valence-corrected chi connectivity index (χ2v) is 4.99. The fourth-order valence-corrected chi connectivity index (χ4v) is 2.65. The second-order valence-electron chi connectivity index (χ2n) is 4.99. The summed E-state index contributed by atoms with van der Waals surface area (Å²) in [7, 11) is 6.74. The minimum Gasteiger partial charge on any atom is -0.496 e. The molecule has 1 aliphatic rings. The zero-order valence-electron chi connectivity index (χ0n) is 12.4. The van der Waals surface area contributed by atoms with E-state index in [1.165, 1.54) is 0 Å². The molecule has 5 heteroatoms. The molecule has 1 atom stereocenters. The number of methoxy groups -OCH3 is 3.